The Balaban J connectivity index is 1.99. The molecule has 0 fully saturated rings. The van der Waals surface area contributed by atoms with Crippen molar-refractivity contribution in [2.24, 2.45) is 0 Å². The van der Waals surface area contributed by atoms with Crippen molar-refractivity contribution in [1.82, 2.24) is 14.7 Å². The van der Waals surface area contributed by atoms with Gasteiger partial charge >= 0.3 is 0 Å². The number of nitrogens with one attached hydrogen (secondary N) is 1. The van der Waals surface area contributed by atoms with Crippen molar-refractivity contribution in [2.75, 3.05) is 6.54 Å². The zero-order valence-corrected chi connectivity index (χ0v) is 10.8. The molecule has 0 aliphatic carbocycles. The van der Waals surface area contributed by atoms with Gasteiger partial charge in [0.25, 0.3) is 0 Å². The molecule has 5 nitrogen and oxygen atoms in total. The van der Waals surface area contributed by atoms with E-state index in [1.807, 2.05) is 0 Å². The van der Waals surface area contributed by atoms with Crippen LogP contribution in [0.3, 0.4) is 0 Å². The fraction of sp³-hybridized carbons (Fsp3) is 0.167. The van der Waals surface area contributed by atoms with E-state index < -0.39 is 15.8 Å². The van der Waals surface area contributed by atoms with E-state index in [0.717, 1.165) is 11.6 Å². The molecule has 100 valence electrons. The molecule has 2 aromatic rings. The van der Waals surface area contributed by atoms with Gasteiger partial charge in [-0.2, -0.15) is 0 Å². The molecule has 2 rings (SSSR count). The second-order valence-corrected chi connectivity index (χ2v) is 5.62. The van der Waals surface area contributed by atoms with Gasteiger partial charge in [0.15, 0.2) is 0 Å². The average Bonchev–Trinajstić information content (AvgIpc) is 2.40. The number of hydrogen-bond acceptors (Lipinski definition) is 4. The SMILES string of the molecule is O=S(=O)(NCCc1cncnc1)c1cccc(F)c1. The number of halogens is 1. The summed E-state index contributed by atoms with van der Waals surface area (Å²) in [5.74, 6) is -0.584. The molecule has 0 aliphatic heterocycles. The van der Waals surface area contributed by atoms with Crippen molar-refractivity contribution in [2.45, 2.75) is 11.3 Å². The number of aromatic nitrogens is 2. The fourth-order valence-corrected chi connectivity index (χ4v) is 2.57. The van der Waals surface area contributed by atoms with E-state index in [9.17, 15) is 12.8 Å². The summed E-state index contributed by atoms with van der Waals surface area (Å²) in [6.45, 7) is 0.201. The molecule has 0 unspecified atom stereocenters. The van der Waals surface area contributed by atoms with Crippen LogP contribution in [0.25, 0.3) is 0 Å². The molecule has 0 bridgehead atoms. The fourth-order valence-electron chi connectivity index (χ4n) is 1.51. The van der Waals surface area contributed by atoms with Crippen molar-refractivity contribution >= 4 is 10.0 Å². The summed E-state index contributed by atoms with van der Waals surface area (Å²) in [4.78, 5) is 7.58. The largest absolute Gasteiger partial charge is 0.245 e. The monoisotopic (exact) mass is 281 g/mol. The molecule has 0 spiro atoms. The van der Waals surface area contributed by atoms with Gasteiger partial charge in [-0.15, -0.1) is 0 Å². The summed E-state index contributed by atoms with van der Waals surface area (Å²) in [6.07, 6.45) is 5.10. The molecular formula is C12H12FN3O2S. The van der Waals surface area contributed by atoms with Gasteiger partial charge in [0, 0.05) is 18.9 Å². The minimum atomic E-state index is -3.68. The molecule has 19 heavy (non-hydrogen) atoms. The van der Waals surface area contributed by atoms with Crippen molar-refractivity contribution in [1.29, 1.82) is 0 Å². The lowest BCUT2D eigenvalue weighted by atomic mass is 10.2. The molecule has 1 aromatic carbocycles. The highest BCUT2D eigenvalue weighted by atomic mass is 32.2. The van der Waals surface area contributed by atoms with Crippen LogP contribution < -0.4 is 4.72 Å². The summed E-state index contributed by atoms with van der Waals surface area (Å²) >= 11 is 0. The highest BCUT2D eigenvalue weighted by Crippen LogP contribution is 2.10. The Morgan fingerprint density at radius 3 is 2.63 bits per heavy atom. The van der Waals surface area contributed by atoms with Gasteiger partial charge in [-0.25, -0.2) is 27.5 Å². The van der Waals surface area contributed by atoms with E-state index >= 15 is 0 Å². The van der Waals surface area contributed by atoms with Gasteiger partial charge in [0.2, 0.25) is 10.0 Å². The first-order chi connectivity index (χ1) is 9.08. The van der Waals surface area contributed by atoms with Crippen LogP contribution in [-0.2, 0) is 16.4 Å². The van der Waals surface area contributed by atoms with Crippen molar-refractivity contribution < 1.29 is 12.8 Å². The topological polar surface area (TPSA) is 72.0 Å². The molecule has 0 aliphatic rings. The van der Waals surface area contributed by atoms with Crippen LogP contribution in [0.5, 0.6) is 0 Å². The minimum absolute atomic E-state index is 0.0863. The Bertz CT molecular complexity index is 647. The Morgan fingerprint density at radius 2 is 1.95 bits per heavy atom. The Labute approximate surface area is 110 Å². The van der Waals surface area contributed by atoms with Crippen molar-refractivity contribution in [3.8, 4) is 0 Å². The van der Waals surface area contributed by atoms with E-state index in [-0.39, 0.29) is 11.4 Å². The second kappa shape index (κ2) is 5.85. The van der Waals surface area contributed by atoms with Crippen LogP contribution in [0.15, 0.2) is 47.9 Å². The molecule has 1 aromatic heterocycles. The molecule has 0 saturated carbocycles. The average molecular weight is 281 g/mol. The predicted molar refractivity (Wildman–Crippen MR) is 67.3 cm³/mol. The second-order valence-electron chi connectivity index (χ2n) is 3.85. The molecule has 1 heterocycles. The van der Waals surface area contributed by atoms with E-state index in [4.69, 9.17) is 0 Å². The quantitative estimate of drug-likeness (QED) is 0.892. The highest BCUT2D eigenvalue weighted by molar-refractivity contribution is 7.89. The van der Waals surface area contributed by atoms with Crippen LogP contribution in [0.1, 0.15) is 5.56 Å². The van der Waals surface area contributed by atoms with Crippen LogP contribution in [0.2, 0.25) is 0 Å². The van der Waals surface area contributed by atoms with Crippen LogP contribution in [0.4, 0.5) is 4.39 Å². The summed E-state index contributed by atoms with van der Waals surface area (Å²) < 4.78 is 39.1. The van der Waals surface area contributed by atoms with E-state index in [1.54, 1.807) is 12.4 Å². The maximum absolute atomic E-state index is 13.0. The van der Waals surface area contributed by atoms with Gasteiger partial charge in [0.1, 0.15) is 12.1 Å². The Morgan fingerprint density at radius 1 is 1.21 bits per heavy atom. The van der Waals surface area contributed by atoms with Crippen molar-refractivity contribution in [3.05, 3.63) is 54.4 Å². The highest BCUT2D eigenvalue weighted by Gasteiger charge is 2.13. The first-order valence-corrected chi connectivity index (χ1v) is 7.05. The van der Waals surface area contributed by atoms with Gasteiger partial charge in [-0.05, 0) is 30.2 Å². The standard InChI is InChI=1S/C12H12FN3O2S/c13-11-2-1-3-12(6-11)19(17,18)16-5-4-10-7-14-9-15-8-10/h1-3,6-9,16H,4-5H2. The third-order valence-electron chi connectivity index (χ3n) is 2.43. The third-order valence-corrected chi connectivity index (χ3v) is 3.88. The zero-order chi connectivity index (χ0) is 13.7. The Hall–Kier alpha value is -1.86. The lowest BCUT2D eigenvalue weighted by Crippen LogP contribution is -2.26. The molecule has 0 radical (unpaired) electrons. The van der Waals surface area contributed by atoms with E-state index in [2.05, 4.69) is 14.7 Å². The van der Waals surface area contributed by atoms with Crippen molar-refractivity contribution in [3.63, 3.8) is 0 Å². The van der Waals surface area contributed by atoms with Gasteiger partial charge in [0.05, 0.1) is 4.90 Å². The van der Waals surface area contributed by atoms with Crippen LogP contribution in [0, 0.1) is 5.82 Å². The summed E-state index contributed by atoms with van der Waals surface area (Å²) in [6, 6.07) is 4.88. The first-order valence-electron chi connectivity index (χ1n) is 5.57. The molecule has 7 heteroatoms. The normalized spacial score (nSPS) is 11.4. The van der Waals surface area contributed by atoms with E-state index in [1.165, 1.54) is 24.5 Å². The first kappa shape index (κ1) is 13.6. The molecule has 0 atom stereocenters. The number of hydrogen-bond donors (Lipinski definition) is 1. The summed E-state index contributed by atoms with van der Waals surface area (Å²) in [5, 5.41) is 0. The van der Waals surface area contributed by atoms with Crippen LogP contribution >= 0.6 is 0 Å². The summed E-state index contributed by atoms with van der Waals surface area (Å²) in [7, 11) is -3.68. The lowest BCUT2D eigenvalue weighted by molar-refractivity contribution is 0.577. The number of sulfonamides is 1. The summed E-state index contributed by atoms with van der Waals surface area (Å²) in [5.41, 5.74) is 0.824. The predicted octanol–water partition coefficient (Wildman–Crippen LogP) is 1.14. The number of rotatable bonds is 5. The third kappa shape index (κ3) is 3.80. The van der Waals surface area contributed by atoms with E-state index in [0.29, 0.717) is 6.42 Å². The maximum atomic E-state index is 13.0. The zero-order valence-electron chi connectivity index (χ0n) is 9.95. The Kier molecular flexibility index (Phi) is 4.18. The minimum Gasteiger partial charge on any atom is -0.245 e. The number of benzene rings is 1. The smallest absolute Gasteiger partial charge is 0.240 e. The van der Waals surface area contributed by atoms with Gasteiger partial charge in [-0.3, -0.25) is 0 Å². The molecule has 1 N–H and O–H groups in total. The molecular weight excluding hydrogens is 269 g/mol. The number of nitrogens with zero attached hydrogens (tertiary/aromatic N) is 2. The van der Waals surface area contributed by atoms with Gasteiger partial charge in [-0.1, -0.05) is 6.07 Å². The maximum Gasteiger partial charge on any atom is 0.240 e. The van der Waals surface area contributed by atoms with Crippen LogP contribution in [-0.4, -0.2) is 24.9 Å². The van der Waals surface area contributed by atoms with Gasteiger partial charge < -0.3 is 0 Å². The lowest BCUT2D eigenvalue weighted by Gasteiger charge is -2.06. The molecule has 0 amide bonds. The molecule has 0 saturated heterocycles.